The average Bonchev–Trinajstić information content (AvgIpc) is 2.89. The molecule has 68 valence electrons. The van der Waals surface area contributed by atoms with Crippen LogP contribution in [0, 0.1) is 6.61 Å². The summed E-state index contributed by atoms with van der Waals surface area (Å²) in [5.41, 5.74) is 0. The Kier molecular flexibility index (Phi) is 2.83. The van der Waals surface area contributed by atoms with Crippen molar-refractivity contribution in [1.29, 1.82) is 0 Å². The molecule has 0 aromatic heterocycles. The van der Waals surface area contributed by atoms with Gasteiger partial charge in [-0.25, -0.2) is 0 Å². The summed E-state index contributed by atoms with van der Waals surface area (Å²) >= 11 is 0. The van der Waals surface area contributed by atoms with Crippen LogP contribution in [0.5, 0.6) is 0 Å². The van der Waals surface area contributed by atoms with Crippen molar-refractivity contribution < 1.29 is 18.9 Å². The number of rotatable bonds is 7. The molecule has 0 radical (unpaired) electrons. The van der Waals surface area contributed by atoms with E-state index < -0.39 is 0 Å². The van der Waals surface area contributed by atoms with Crippen LogP contribution in [-0.4, -0.2) is 45.2 Å². The Morgan fingerprint density at radius 2 is 1.92 bits per heavy atom. The summed E-state index contributed by atoms with van der Waals surface area (Å²) in [7, 11) is 0. The van der Waals surface area contributed by atoms with Crippen LogP contribution < -0.4 is 0 Å². The highest BCUT2D eigenvalue weighted by atomic mass is 16.6. The highest BCUT2D eigenvalue weighted by Gasteiger charge is 2.39. The lowest BCUT2D eigenvalue weighted by Gasteiger charge is -2.00. The third-order valence-electron chi connectivity index (χ3n) is 1.69. The van der Waals surface area contributed by atoms with E-state index in [1.165, 1.54) is 0 Å². The quantitative estimate of drug-likeness (QED) is 0.308. The number of epoxide rings is 2. The molecule has 4 nitrogen and oxygen atoms in total. The summed E-state index contributed by atoms with van der Waals surface area (Å²) in [6.07, 6.45) is 0.585. The van der Waals surface area contributed by atoms with E-state index in [0.717, 1.165) is 6.61 Å². The number of hydrogen-bond acceptors (Lipinski definition) is 4. The lowest BCUT2D eigenvalue weighted by atomic mass is 10.5. The molecule has 0 saturated carbocycles. The minimum absolute atomic E-state index is 0.233. The molecule has 0 aromatic rings. The highest BCUT2D eigenvalue weighted by molar-refractivity contribution is 4.81. The van der Waals surface area contributed by atoms with E-state index in [4.69, 9.17) is 18.9 Å². The second-order valence-electron chi connectivity index (χ2n) is 2.92. The largest absolute Gasteiger partial charge is 0.376 e. The molecule has 2 fully saturated rings. The minimum Gasteiger partial charge on any atom is -0.376 e. The van der Waals surface area contributed by atoms with Crippen LogP contribution in [0.2, 0.25) is 0 Å². The Morgan fingerprint density at radius 3 is 2.50 bits per heavy atom. The SMILES string of the molecule is [CH+]1OC1COCCOCC1CO1. The Hall–Kier alpha value is -0.290. The van der Waals surface area contributed by atoms with Gasteiger partial charge in [0.15, 0.2) is 0 Å². The maximum Gasteiger partial charge on any atom is 0.298 e. The van der Waals surface area contributed by atoms with E-state index in [9.17, 15) is 0 Å². The Morgan fingerprint density at radius 1 is 1.25 bits per heavy atom. The minimum atomic E-state index is 0.233. The molecule has 0 N–H and O–H groups in total. The van der Waals surface area contributed by atoms with Crippen molar-refractivity contribution in [3.8, 4) is 0 Å². The third-order valence-corrected chi connectivity index (χ3v) is 1.69. The summed E-state index contributed by atoms with van der Waals surface area (Å²) in [5.74, 6) is 0. The first kappa shape index (κ1) is 8.31. The van der Waals surface area contributed by atoms with Gasteiger partial charge in [-0.3, -0.25) is 0 Å². The molecule has 2 aliphatic heterocycles. The predicted molar refractivity (Wildman–Crippen MR) is 40.6 cm³/mol. The molecule has 2 saturated heterocycles. The van der Waals surface area contributed by atoms with Gasteiger partial charge in [-0.2, -0.15) is 0 Å². The van der Waals surface area contributed by atoms with Crippen LogP contribution in [0.15, 0.2) is 0 Å². The van der Waals surface area contributed by atoms with Gasteiger partial charge in [0.1, 0.15) is 12.7 Å². The summed E-state index contributed by atoms with van der Waals surface area (Å²) in [4.78, 5) is 0. The van der Waals surface area contributed by atoms with Gasteiger partial charge >= 0.3 is 0 Å². The van der Waals surface area contributed by atoms with Gasteiger partial charge in [-0.1, -0.05) is 0 Å². The van der Waals surface area contributed by atoms with Gasteiger partial charge < -0.3 is 14.2 Å². The molecule has 0 aliphatic carbocycles. The Bertz CT molecular complexity index is 115. The molecule has 2 unspecified atom stereocenters. The summed E-state index contributed by atoms with van der Waals surface area (Å²) in [5, 5.41) is 0. The number of hydrogen-bond donors (Lipinski definition) is 0. The van der Waals surface area contributed by atoms with E-state index in [1.807, 2.05) is 0 Å². The normalized spacial score (nSPS) is 31.3. The molecule has 2 rings (SSSR count). The van der Waals surface area contributed by atoms with Crippen molar-refractivity contribution >= 4 is 0 Å². The highest BCUT2D eigenvalue weighted by Crippen LogP contribution is 2.14. The van der Waals surface area contributed by atoms with E-state index in [1.54, 1.807) is 6.61 Å². The monoisotopic (exact) mass is 173 g/mol. The molecule has 4 heteroatoms. The summed E-state index contributed by atoms with van der Waals surface area (Å²) < 4.78 is 20.3. The molecule has 2 heterocycles. The fourth-order valence-corrected chi connectivity index (χ4v) is 0.831. The van der Waals surface area contributed by atoms with E-state index in [-0.39, 0.29) is 6.10 Å². The van der Waals surface area contributed by atoms with Gasteiger partial charge in [-0.15, -0.1) is 4.74 Å². The van der Waals surface area contributed by atoms with Crippen molar-refractivity contribution in [2.45, 2.75) is 12.2 Å². The standard InChI is InChI=1S/C8H13O4/c1(9-3-7-5-11-7)2-10-4-8-6-12-8/h5,7-8H,1-4,6H2/q+1. The van der Waals surface area contributed by atoms with Gasteiger partial charge in [0, 0.05) is 0 Å². The van der Waals surface area contributed by atoms with Crippen LogP contribution >= 0.6 is 0 Å². The van der Waals surface area contributed by atoms with Crippen molar-refractivity contribution in [1.82, 2.24) is 0 Å². The molecule has 0 aromatic carbocycles. The molecular weight excluding hydrogens is 160 g/mol. The fraction of sp³-hybridized carbons (Fsp3) is 0.875. The van der Waals surface area contributed by atoms with Gasteiger partial charge in [0.25, 0.3) is 12.7 Å². The summed E-state index contributed by atoms with van der Waals surface area (Å²) in [6.45, 7) is 5.26. The zero-order valence-corrected chi connectivity index (χ0v) is 6.90. The first-order chi connectivity index (χ1) is 5.95. The van der Waals surface area contributed by atoms with Crippen molar-refractivity contribution in [2.24, 2.45) is 0 Å². The van der Waals surface area contributed by atoms with Crippen LogP contribution in [0.3, 0.4) is 0 Å². The smallest absolute Gasteiger partial charge is 0.298 e. The third kappa shape index (κ3) is 3.40. The lowest BCUT2D eigenvalue weighted by Crippen LogP contribution is -2.10. The van der Waals surface area contributed by atoms with Gasteiger partial charge in [0.05, 0.1) is 26.4 Å². The van der Waals surface area contributed by atoms with E-state index >= 15 is 0 Å². The molecule has 2 aliphatic rings. The maximum absolute atomic E-state index is 5.26. The second-order valence-corrected chi connectivity index (χ2v) is 2.92. The first-order valence-electron chi connectivity index (χ1n) is 4.21. The van der Waals surface area contributed by atoms with Crippen LogP contribution in [0.1, 0.15) is 0 Å². The van der Waals surface area contributed by atoms with Gasteiger partial charge in [0.2, 0.25) is 0 Å². The van der Waals surface area contributed by atoms with Crippen molar-refractivity contribution in [3.63, 3.8) is 0 Å². The van der Waals surface area contributed by atoms with Crippen molar-refractivity contribution in [3.05, 3.63) is 6.61 Å². The van der Waals surface area contributed by atoms with E-state index in [0.29, 0.717) is 32.5 Å². The van der Waals surface area contributed by atoms with Crippen LogP contribution in [0.4, 0.5) is 0 Å². The molecule has 2 atom stereocenters. The molecule has 0 bridgehead atoms. The summed E-state index contributed by atoms with van der Waals surface area (Å²) in [6, 6.07) is 0. The molecule has 12 heavy (non-hydrogen) atoms. The van der Waals surface area contributed by atoms with Crippen LogP contribution in [0.25, 0.3) is 0 Å². The lowest BCUT2D eigenvalue weighted by molar-refractivity contribution is 0.0366. The van der Waals surface area contributed by atoms with Crippen molar-refractivity contribution in [2.75, 3.05) is 33.0 Å². The zero-order valence-electron chi connectivity index (χ0n) is 6.90. The first-order valence-corrected chi connectivity index (χ1v) is 4.21. The Balaban J connectivity index is 1.31. The Labute approximate surface area is 71.7 Å². The molecule has 0 spiro atoms. The number of ether oxygens (including phenoxy) is 4. The zero-order chi connectivity index (χ0) is 8.23. The maximum atomic E-state index is 5.26. The fourth-order valence-electron chi connectivity index (χ4n) is 0.831. The average molecular weight is 173 g/mol. The van der Waals surface area contributed by atoms with Gasteiger partial charge in [-0.05, 0) is 0 Å². The van der Waals surface area contributed by atoms with E-state index in [2.05, 4.69) is 0 Å². The van der Waals surface area contributed by atoms with Crippen LogP contribution in [-0.2, 0) is 18.9 Å². The molecule has 0 amide bonds. The topological polar surface area (TPSA) is 43.5 Å². The predicted octanol–water partition coefficient (Wildman–Crippen LogP) is -0.0210. The molecular formula is C8H13O4+. The second kappa shape index (κ2) is 4.09.